The Balaban J connectivity index is 2.33. The third kappa shape index (κ3) is 4.30. The van der Waals surface area contributed by atoms with Gasteiger partial charge >= 0.3 is 0 Å². The zero-order valence-electron chi connectivity index (χ0n) is 9.09. The van der Waals surface area contributed by atoms with Crippen molar-refractivity contribution in [3.63, 3.8) is 0 Å². The molecule has 0 unspecified atom stereocenters. The molecule has 0 fully saturated rings. The van der Waals surface area contributed by atoms with Crippen LogP contribution in [0, 0.1) is 12.7 Å². The van der Waals surface area contributed by atoms with E-state index in [1.807, 2.05) is 6.92 Å². The van der Waals surface area contributed by atoms with Crippen LogP contribution in [0.2, 0.25) is 0 Å². The third-order valence-electron chi connectivity index (χ3n) is 2.35. The Kier molecular flexibility index (Phi) is 5.12. The predicted molar refractivity (Wildman–Crippen MR) is 60.6 cm³/mol. The molecule has 2 nitrogen and oxygen atoms in total. The number of aliphatic hydroxyl groups excluding tert-OH is 1. The average molecular weight is 211 g/mol. The van der Waals surface area contributed by atoms with E-state index in [2.05, 4.69) is 5.32 Å². The summed E-state index contributed by atoms with van der Waals surface area (Å²) in [5.74, 6) is -0.210. The lowest BCUT2D eigenvalue weighted by molar-refractivity contribution is 0.283. The van der Waals surface area contributed by atoms with Crippen LogP contribution in [-0.4, -0.2) is 18.3 Å². The summed E-state index contributed by atoms with van der Waals surface area (Å²) in [4.78, 5) is 0. The molecule has 15 heavy (non-hydrogen) atoms. The van der Waals surface area contributed by atoms with Crippen LogP contribution in [0.4, 0.5) is 10.1 Å². The fraction of sp³-hybridized carbons (Fsp3) is 0.500. The van der Waals surface area contributed by atoms with Crippen molar-refractivity contribution in [1.82, 2.24) is 0 Å². The number of nitrogens with one attached hydrogen (secondary N) is 1. The highest BCUT2D eigenvalue weighted by atomic mass is 19.1. The van der Waals surface area contributed by atoms with Crippen molar-refractivity contribution in [2.24, 2.45) is 0 Å². The Morgan fingerprint density at radius 3 is 2.80 bits per heavy atom. The quantitative estimate of drug-likeness (QED) is 0.709. The molecule has 1 aromatic carbocycles. The van der Waals surface area contributed by atoms with Crippen molar-refractivity contribution in [3.05, 3.63) is 29.6 Å². The second-order valence-corrected chi connectivity index (χ2v) is 3.67. The van der Waals surface area contributed by atoms with Crippen LogP contribution >= 0.6 is 0 Å². The van der Waals surface area contributed by atoms with E-state index in [1.54, 1.807) is 6.07 Å². The van der Waals surface area contributed by atoms with Crippen molar-refractivity contribution in [2.75, 3.05) is 18.5 Å². The van der Waals surface area contributed by atoms with Crippen LogP contribution < -0.4 is 5.32 Å². The number of rotatable bonds is 6. The van der Waals surface area contributed by atoms with E-state index in [0.29, 0.717) is 0 Å². The molecule has 0 aromatic heterocycles. The van der Waals surface area contributed by atoms with Gasteiger partial charge in [-0.2, -0.15) is 0 Å². The van der Waals surface area contributed by atoms with Gasteiger partial charge in [0.2, 0.25) is 0 Å². The molecule has 0 spiro atoms. The maximum atomic E-state index is 12.9. The molecule has 1 rings (SSSR count). The third-order valence-corrected chi connectivity index (χ3v) is 2.35. The van der Waals surface area contributed by atoms with E-state index < -0.39 is 0 Å². The van der Waals surface area contributed by atoms with Crippen LogP contribution in [0.25, 0.3) is 0 Å². The van der Waals surface area contributed by atoms with Crippen molar-refractivity contribution in [2.45, 2.75) is 26.2 Å². The van der Waals surface area contributed by atoms with Crippen LogP contribution in [-0.2, 0) is 0 Å². The molecule has 0 aliphatic carbocycles. The first-order chi connectivity index (χ1) is 7.24. The van der Waals surface area contributed by atoms with Crippen molar-refractivity contribution < 1.29 is 9.50 Å². The summed E-state index contributed by atoms with van der Waals surface area (Å²) in [5.41, 5.74) is 1.91. The summed E-state index contributed by atoms with van der Waals surface area (Å²) < 4.78 is 12.9. The lowest BCUT2D eigenvalue weighted by atomic mass is 10.2. The Morgan fingerprint density at radius 2 is 2.07 bits per heavy atom. The summed E-state index contributed by atoms with van der Waals surface area (Å²) in [7, 11) is 0. The van der Waals surface area contributed by atoms with Gasteiger partial charge in [0.05, 0.1) is 0 Å². The average Bonchev–Trinajstić information content (AvgIpc) is 2.23. The second kappa shape index (κ2) is 6.40. The number of aryl methyl sites for hydroxylation is 1. The lowest BCUT2D eigenvalue weighted by Crippen LogP contribution is -2.03. The normalized spacial score (nSPS) is 10.3. The zero-order chi connectivity index (χ0) is 11.1. The number of unbranched alkanes of at least 4 members (excludes halogenated alkanes) is 2. The molecule has 0 saturated heterocycles. The van der Waals surface area contributed by atoms with Gasteiger partial charge in [0.15, 0.2) is 0 Å². The van der Waals surface area contributed by atoms with Gasteiger partial charge in [-0.05, 0) is 43.9 Å². The summed E-state index contributed by atoms with van der Waals surface area (Å²) in [6.07, 6.45) is 2.83. The number of benzene rings is 1. The Bertz CT molecular complexity index is 302. The standard InChI is InChI=1S/C12H18FNO/c1-10-5-6-11(13)9-12(10)14-7-3-2-4-8-15/h5-6,9,14-15H,2-4,7-8H2,1H3. The number of hydrogen-bond donors (Lipinski definition) is 2. The highest BCUT2D eigenvalue weighted by Gasteiger charge is 1.98. The smallest absolute Gasteiger partial charge is 0.125 e. The fourth-order valence-electron chi connectivity index (χ4n) is 1.42. The van der Waals surface area contributed by atoms with E-state index in [9.17, 15) is 4.39 Å². The molecular weight excluding hydrogens is 193 g/mol. The minimum Gasteiger partial charge on any atom is -0.396 e. The summed E-state index contributed by atoms with van der Waals surface area (Å²) in [6.45, 7) is 3.03. The maximum Gasteiger partial charge on any atom is 0.125 e. The van der Waals surface area contributed by atoms with Gasteiger partial charge in [-0.1, -0.05) is 6.07 Å². The highest BCUT2D eigenvalue weighted by molar-refractivity contribution is 5.50. The van der Waals surface area contributed by atoms with Gasteiger partial charge < -0.3 is 10.4 Å². The van der Waals surface area contributed by atoms with Crippen LogP contribution in [0.5, 0.6) is 0 Å². The molecule has 3 heteroatoms. The first kappa shape index (κ1) is 12.0. The van der Waals surface area contributed by atoms with E-state index in [4.69, 9.17) is 5.11 Å². The van der Waals surface area contributed by atoms with Gasteiger partial charge in [-0.25, -0.2) is 4.39 Å². The Hall–Kier alpha value is -1.09. The van der Waals surface area contributed by atoms with Crippen LogP contribution in [0.1, 0.15) is 24.8 Å². The lowest BCUT2D eigenvalue weighted by Gasteiger charge is -2.09. The number of halogens is 1. The molecule has 0 amide bonds. The maximum absolute atomic E-state index is 12.9. The van der Waals surface area contributed by atoms with E-state index in [1.165, 1.54) is 12.1 Å². The molecule has 0 saturated carbocycles. The van der Waals surface area contributed by atoms with Crippen LogP contribution in [0.15, 0.2) is 18.2 Å². The number of hydrogen-bond acceptors (Lipinski definition) is 2. The molecule has 84 valence electrons. The molecule has 0 radical (unpaired) electrons. The topological polar surface area (TPSA) is 32.3 Å². The van der Waals surface area contributed by atoms with E-state index in [0.717, 1.165) is 37.1 Å². The zero-order valence-corrected chi connectivity index (χ0v) is 9.09. The first-order valence-electron chi connectivity index (χ1n) is 5.35. The highest BCUT2D eigenvalue weighted by Crippen LogP contribution is 2.15. The summed E-state index contributed by atoms with van der Waals surface area (Å²) >= 11 is 0. The minimum atomic E-state index is -0.210. The summed E-state index contributed by atoms with van der Waals surface area (Å²) in [6, 6.07) is 4.75. The summed E-state index contributed by atoms with van der Waals surface area (Å²) in [5, 5.41) is 11.8. The van der Waals surface area contributed by atoms with Gasteiger partial charge in [0, 0.05) is 18.8 Å². The monoisotopic (exact) mass is 211 g/mol. The predicted octanol–water partition coefficient (Wildman–Crippen LogP) is 2.71. The molecule has 0 aliphatic rings. The van der Waals surface area contributed by atoms with Crippen molar-refractivity contribution >= 4 is 5.69 Å². The molecular formula is C12H18FNO. The molecule has 2 N–H and O–H groups in total. The Morgan fingerprint density at radius 1 is 1.27 bits per heavy atom. The van der Waals surface area contributed by atoms with Gasteiger partial charge in [-0.15, -0.1) is 0 Å². The molecule has 0 heterocycles. The molecule has 0 aliphatic heterocycles. The van der Waals surface area contributed by atoms with Crippen molar-refractivity contribution in [3.8, 4) is 0 Å². The van der Waals surface area contributed by atoms with Crippen molar-refractivity contribution in [1.29, 1.82) is 0 Å². The second-order valence-electron chi connectivity index (χ2n) is 3.67. The molecule has 0 bridgehead atoms. The molecule has 0 atom stereocenters. The largest absolute Gasteiger partial charge is 0.396 e. The Labute approximate surface area is 90.1 Å². The number of anilines is 1. The van der Waals surface area contributed by atoms with Gasteiger partial charge in [-0.3, -0.25) is 0 Å². The molecule has 1 aromatic rings. The van der Waals surface area contributed by atoms with Gasteiger partial charge in [0.25, 0.3) is 0 Å². The minimum absolute atomic E-state index is 0.210. The number of aliphatic hydroxyl groups is 1. The van der Waals surface area contributed by atoms with Crippen LogP contribution in [0.3, 0.4) is 0 Å². The first-order valence-corrected chi connectivity index (χ1v) is 5.35. The SMILES string of the molecule is Cc1ccc(F)cc1NCCCCCO. The van der Waals surface area contributed by atoms with Gasteiger partial charge in [0.1, 0.15) is 5.82 Å². The van der Waals surface area contributed by atoms with E-state index >= 15 is 0 Å². The fourth-order valence-corrected chi connectivity index (χ4v) is 1.42. The van der Waals surface area contributed by atoms with E-state index in [-0.39, 0.29) is 12.4 Å².